The number of aromatic nitrogens is 2. The van der Waals surface area contributed by atoms with E-state index in [1.807, 2.05) is 41.2 Å². The van der Waals surface area contributed by atoms with Crippen molar-refractivity contribution >= 4 is 17.7 Å². The summed E-state index contributed by atoms with van der Waals surface area (Å²) in [5.41, 5.74) is 2.85. The number of imide groups is 1. The molecule has 1 aromatic heterocycles. The zero-order valence-electron chi connectivity index (χ0n) is 15.7. The van der Waals surface area contributed by atoms with E-state index < -0.39 is 0 Å². The van der Waals surface area contributed by atoms with Gasteiger partial charge in [-0.2, -0.15) is 5.10 Å². The normalized spacial score (nSPS) is 12.9. The number of nitrogens with zero attached hydrogens (tertiary/aromatic N) is 3. The number of benzene rings is 2. The molecule has 3 aromatic rings. The topological polar surface area (TPSA) is 84.3 Å². The van der Waals surface area contributed by atoms with Gasteiger partial charge in [0.1, 0.15) is 0 Å². The van der Waals surface area contributed by atoms with Crippen LogP contribution >= 0.6 is 0 Å². The summed E-state index contributed by atoms with van der Waals surface area (Å²) in [6, 6.07) is 16.4. The van der Waals surface area contributed by atoms with Crippen LogP contribution in [0.1, 0.15) is 38.3 Å². The molecule has 2 aromatic carbocycles. The second-order valence-electron chi connectivity index (χ2n) is 6.81. The molecule has 1 aliphatic heterocycles. The van der Waals surface area contributed by atoms with E-state index in [1.165, 1.54) is 0 Å². The highest BCUT2D eigenvalue weighted by molar-refractivity contribution is 6.21. The Morgan fingerprint density at radius 3 is 2.21 bits per heavy atom. The number of nitrogens with one attached hydrogen (secondary N) is 1. The highest BCUT2D eigenvalue weighted by atomic mass is 16.2. The van der Waals surface area contributed by atoms with Gasteiger partial charge in [0.15, 0.2) is 0 Å². The Balaban J connectivity index is 1.33. The van der Waals surface area contributed by atoms with Crippen molar-refractivity contribution in [3.8, 4) is 0 Å². The van der Waals surface area contributed by atoms with Gasteiger partial charge < -0.3 is 5.32 Å². The van der Waals surface area contributed by atoms with Gasteiger partial charge in [0.05, 0.1) is 17.7 Å². The molecule has 0 saturated heterocycles. The van der Waals surface area contributed by atoms with Crippen LogP contribution < -0.4 is 5.32 Å². The summed E-state index contributed by atoms with van der Waals surface area (Å²) >= 11 is 0. The van der Waals surface area contributed by atoms with Crippen LogP contribution in [0.5, 0.6) is 0 Å². The van der Waals surface area contributed by atoms with Crippen LogP contribution in [0.25, 0.3) is 0 Å². The van der Waals surface area contributed by atoms with E-state index in [2.05, 4.69) is 10.4 Å². The van der Waals surface area contributed by atoms with Gasteiger partial charge in [0.25, 0.3) is 11.8 Å². The van der Waals surface area contributed by atoms with Crippen LogP contribution in [0.4, 0.5) is 0 Å². The number of fused-ring (bicyclic) bond motifs is 1. The maximum Gasteiger partial charge on any atom is 0.261 e. The van der Waals surface area contributed by atoms with Gasteiger partial charge in [-0.1, -0.05) is 36.4 Å². The molecule has 0 fully saturated rings. The summed E-state index contributed by atoms with van der Waals surface area (Å²) in [6.07, 6.45) is 3.67. The third-order valence-corrected chi connectivity index (χ3v) is 4.93. The molecule has 2 heterocycles. The molecular weight excluding hydrogens is 368 g/mol. The van der Waals surface area contributed by atoms with Crippen LogP contribution in [0.2, 0.25) is 0 Å². The SMILES string of the molecule is O=C(CCN1C(=O)c2ccccc2C1=O)NCc1ccccc1Cn1cccn1. The van der Waals surface area contributed by atoms with Crippen molar-refractivity contribution in [3.63, 3.8) is 0 Å². The van der Waals surface area contributed by atoms with Gasteiger partial charge in [-0.25, -0.2) is 0 Å². The van der Waals surface area contributed by atoms with Crippen molar-refractivity contribution in [1.82, 2.24) is 20.0 Å². The molecule has 1 aliphatic rings. The summed E-state index contributed by atoms with van der Waals surface area (Å²) in [6.45, 7) is 1.06. The van der Waals surface area contributed by atoms with Crippen molar-refractivity contribution in [3.05, 3.63) is 89.2 Å². The van der Waals surface area contributed by atoms with E-state index in [-0.39, 0.29) is 30.7 Å². The highest BCUT2D eigenvalue weighted by Crippen LogP contribution is 2.22. The number of rotatable bonds is 7. The first-order valence-corrected chi connectivity index (χ1v) is 9.39. The average molecular weight is 388 g/mol. The van der Waals surface area contributed by atoms with E-state index in [0.717, 1.165) is 16.0 Å². The summed E-state index contributed by atoms with van der Waals surface area (Å²) < 4.78 is 1.82. The smallest absolute Gasteiger partial charge is 0.261 e. The van der Waals surface area contributed by atoms with Crippen molar-refractivity contribution in [1.29, 1.82) is 0 Å². The Hall–Kier alpha value is -3.74. The van der Waals surface area contributed by atoms with Gasteiger partial charge in [0, 0.05) is 31.9 Å². The minimum atomic E-state index is -0.344. The number of carbonyl (C=O) groups excluding carboxylic acids is 3. The van der Waals surface area contributed by atoms with E-state index in [9.17, 15) is 14.4 Å². The van der Waals surface area contributed by atoms with Gasteiger partial charge in [-0.05, 0) is 29.3 Å². The molecule has 0 atom stereocenters. The quantitative estimate of drug-likeness (QED) is 0.629. The predicted octanol–water partition coefficient (Wildman–Crippen LogP) is 2.23. The zero-order chi connectivity index (χ0) is 20.2. The second-order valence-corrected chi connectivity index (χ2v) is 6.81. The maximum atomic E-state index is 12.4. The number of hydrogen-bond donors (Lipinski definition) is 1. The van der Waals surface area contributed by atoms with Gasteiger partial charge in [-0.3, -0.25) is 24.0 Å². The van der Waals surface area contributed by atoms with Crippen molar-refractivity contribution in [2.45, 2.75) is 19.5 Å². The van der Waals surface area contributed by atoms with Crippen molar-refractivity contribution < 1.29 is 14.4 Å². The minimum Gasteiger partial charge on any atom is -0.352 e. The van der Waals surface area contributed by atoms with Crippen LogP contribution in [-0.2, 0) is 17.9 Å². The molecule has 3 amide bonds. The highest BCUT2D eigenvalue weighted by Gasteiger charge is 2.34. The molecule has 0 aliphatic carbocycles. The van der Waals surface area contributed by atoms with E-state index in [4.69, 9.17) is 0 Å². The standard InChI is InChI=1S/C22H20N4O3/c27-20(10-13-26-21(28)18-8-3-4-9-19(18)22(26)29)23-14-16-6-1-2-7-17(16)15-25-12-5-11-24-25/h1-9,11-12H,10,13-15H2,(H,23,27). The summed E-state index contributed by atoms with van der Waals surface area (Å²) in [4.78, 5) is 38.2. The molecule has 0 spiro atoms. The second kappa shape index (κ2) is 8.10. The molecule has 0 bridgehead atoms. The van der Waals surface area contributed by atoms with E-state index >= 15 is 0 Å². The lowest BCUT2D eigenvalue weighted by molar-refractivity contribution is -0.121. The maximum absolute atomic E-state index is 12.4. The first kappa shape index (κ1) is 18.6. The Labute approximate surface area is 167 Å². The molecule has 4 rings (SSSR count). The van der Waals surface area contributed by atoms with Crippen molar-refractivity contribution in [2.24, 2.45) is 0 Å². The van der Waals surface area contributed by atoms with E-state index in [1.54, 1.807) is 30.5 Å². The Morgan fingerprint density at radius 1 is 0.897 bits per heavy atom. The van der Waals surface area contributed by atoms with Gasteiger partial charge >= 0.3 is 0 Å². The van der Waals surface area contributed by atoms with Crippen LogP contribution in [0.15, 0.2) is 67.0 Å². The number of amides is 3. The fourth-order valence-corrected chi connectivity index (χ4v) is 3.39. The van der Waals surface area contributed by atoms with Gasteiger partial charge in [0.2, 0.25) is 5.91 Å². The molecule has 29 heavy (non-hydrogen) atoms. The predicted molar refractivity (Wildman–Crippen MR) is 106 cm³/mol. The summed E-state index contributed by atoms with van der Waals surface area (Å²) in [7, 11) is 0. The molecule has 0 unspecified atom stereocenters. The Bertz CT molecular complexity index is 1020. The van der Waals surface area contributed by atoms with Crippen LogP contribution in [-0.4, -0.2) is 38.9 Å². The van der Waals surface area contributed by atoms with E-state index in [0.29, 0.717) is 24.2 Å². The monoisotopic (exact) mass is 388 g/mol. The number of carbonyl (C=O) groups is 3. The summed E-state index contributed by atoms with van der Waals surface area (Å²) in [5, 5.41) is 7.09. The molecular formula is C22H20N4O3. The first-order valence-electron chi connectivity index (χ1n) is 9.39. The minimum absolute atomic E-state index is 0.0623. The lowest BCUT2D eigenvalue weighted by atomic mass is 10.1. The van der Waals surface area contributed by atoms with Gasteiger partial charge in [-0.15, -0.1) is 0 Å². The molecule has 0 radical (unpaired) electrons. The Kier molecular flexibility index (Phi) is 5.20. The molecule has 0 saturated carbocycles. The summed E-state index contributed by atoms with van der Waals surface area (Å²) in [5.74, 6) is -0.901. The lowest BCUT2D eigenvalue weighted by Crippen LogP contribution is -2.34. The third-order valence-electron chi connectivity index (χ3n) is 4.93. The third kappa shape index (κ3) is 3.94. The average Bonchev–Trinajstić information content (AvgIpc) is 3.33. The molecule has 146 valence electrons. The van der Waals surface area contributed by atoms with Crippen LogP contribution in [0.3, 0.4) is 0 Å². The molecule has 7 nitrogen and oxygen atoms in total. The first-order chi connectivity index (χ1) is 14.1. The lowest BCUT2D eigenvalue weighted by Gasteiger charge is -2.14. The Morgan fingerprint density at radius 2 is 1.55 bits per heavy atom. The fraction of sp³-hybridized carbons (Fsp3) is 0.182. The molecule has 1 N–H and O–H groups in total. The zero-order valence-corrected chi connectivity index (χ0v) is 15.7. The molecule has 7 heteroatoms. The fourth-order valence-electron chi connectivity index (χ4n) is 3.39. The largest absolute Gasteiger partial charge is 0.352 e. The van der Waals surface area contributed by atoms with Crippen LogP contribution in [0, 0.1) is 0 Å². The van der Waals surface area contributed by atoms with Crippen molar-refractivity contribution in [2.75, 3.05) is 6.54 Å². The number of hydrogen-bond acceptors (Lipinski definition) is 4.